The predicted molar refractivity (Wildman–Crippen MR) is 83.4 cm³/mol. The van der Waals surface area contributed by atoms with Crippen LogP contribution in [-0.4, -0.2) is 18.5 Å². The van der Waals surface area contributed by atoms with Crippen LogP contribution in [0.15, 0.2) is 0 Å². The number of nitrogens with two attached hydrogens (primary N) is 1. The second-order valence-corrected chi connectivity index (χ2v) is 6.79. The van der Waals surface area contributed by atoms with Crippen LogP contribution in [0.4, 0.5) is 0 Å². The standard InChI is InChI=1S/C15H30N2O.ClH/c1-11(2)9-15(7-5-6-8-15)10-17-14(18)13(16)12(3)4;/h11-13H,5-10,16H2,1-4H3,(H,17,18);1H. The highest BCUT2D eigenvalue weighted by atomic mass is 35.5. The van der Waals surface area contributed by atoms with Gasteiger partial charge in [-0.1, -0.05) is 40.5 Å². The maximum Gasteiger partial charge on any atom is 0.237 e. The minimum Gasteiger partial charge on any atom is -0.354 e. The molecule has 1 atom stereocenters. The largest absolute Gasteiger partial charge is 0.354 e. The number of hydrogen-bond donors (Lipinski definition) is 2. The molecule has 0 aromatic heterocycles. The first-order chi connectivity index (χ1) is 8.36. The lowest BCUT2D eigenvalue weighted by Gasteiger charge is -2.32. The molecule has 0 aliphatic heterocycles. The molecule has 1 saturated carbocycles. The smallest absolute Gasteiger partial charge is 0.237 e. The topological polar surface area (TPSA) is 55.1 Å². The Hall–Kier alpha value is -0.280. The van der Waals surface area contributed by atoms with Crippen LogP contribution in [0, 0.1) is 17.3 Å². The summed E-state index contributed by atoms with van der Waals surface area (Å²) in [6, 6.07) is -0.373. The molecule has 0 saturated heterocycles. The fourth-order valence-electron chi connectivity index (χ4n) is 3.14. The van der Waals surface area contributed by atoms with E-state index in [0.717, 1.165) is 6.54 Å². The predicted octanol–water partition coefficient (Wildman–Crippen LogP) is 3.11. The summed E-state index contributed by atoms with van der Waals surface area (Å²) in [6.45, 7) is 9.32. The summed E-state index contributed by atoms with van der Waals surface area (Å²) in [4.78, 5) is 11.9. The van der Waals surface area contributed by atoms with Gasteiger partial charge in [0.25, 0.3) is 0 Å². The summed E-state index contributed by atoms with van der Waals surface area (Å²) in [7, 11) is 0. The fourth-order valence-corrected chi connectivity index (χ4v) is 3.14. The van der Waals surface area contributed by atoms with Crippen LogP contribution in [0.1, 0.15) is 59.8 Å². The second kappa shape index (κ2) is 8.11. The van der Waals surface area contributed by atoms with Gasteiger partial charge in [-0.05, 0) is 36.5 Å². The lowest BCUT2D eigenvalue weighted by Crippen LogP contribution is -2.47. The third kappa shape index (κ3) is 5.70. The molecular formula is C15H31ClN2O. The molecule has 0 spiro atoms. The monoisotopic (exact) mass is 290 g/mol. The van der Waals surface area contributed by atoms with Crippen molar-refractivity contribution in [3.05, 3.63) is 0 Å². The molecule has 0 aromatic rings. The zero-order valence-corrected chi connectivity index (χ0v) is 13.7. The molecule has 0 heterocycles. The Morgan fingerprint density at radius 2 is 1.74 bits per heavy atom. The quantitative estimate of drug-likeness (QED) is 0.790. The van der Waals surface area contributed by atoms with E-state index < -0.39 is 0 Å². The van der Waals surface area contributed by atoms with Gasteiger partial charge in [0.05, 0.1) is 6.04 Å². The Bertz CT molecular complexity index is 273. The molecule has 0 aromatic carbocycles. The Morgan fingerprint density at radius 3 is 2.16 bits per heavy atom. The molecule has 114 valence electrons. The lowest BCUT2D eigenvalue weighted by molar-refractivity contribution is -0.123. The van der Waals surface area contributed by atoms with E-state index in [1.165, 1.54) is 32.1 Å². The highest BCUT2D eigenvalue weighted by Crippen LogP contribution is 2.42. The maximum absolute atomic E-state index is 11.9. The van der Waals surface area contributed by atoms with Crippen LogP contribution in [0.25, 0.3) is 0 Å². The van der Waals surface area contributed by atoms with E-state index in [2.05, 4.69) is 19.2 Å². The number of carbonyl (C=O) groups is 1. The molecule has 1 fully saturated rings. The summed E-state index contributed by atoms with van der Waals surface area (Å²) in [5, 5.41) is 3.09. The van der Waals surface area contributed by atoms with Crippen LogP contribution in [0.2, 0.25) is 0 Å². The molecular weight excluding hydrogens is 260 g/mol. The highest BCUT2D eigenvalue weighted by molar-refractivity contribution is 5.85. The van der Waals surface area contributed by atoms with E-state index in [1.54, 1.807) is 0 Å². The Labute approximate surface area is 124 Å². The summed E-state index contributed by atoms with van der Waals surface area (Å²) >= 11 is 0. The normalized spacial score (nSPS) is 19.3. The molecule has 1 aliphatic carbocycles. The van der Waals surface area contributed by atoms with Crippen LogP contribution in [0.5, 0.6) is 0 Å². The van der Waals surface area contributed by atoms with Crippen molar-refractivity contribution in [1.82, 2.24) is 5.32 Å². The molecule has 4 heteroatoms. The highest BCUT2D eigenvalue weighted by Gasteiger charge is 2.35. The van der Waals surface area contributed by atoms with Crippen LogP contribution in [0.3, 0.4) is 0 Å². The van der Waals surface area contributed by atoms with Gasteiger partial charge in [-0.25, -0.2) is 0 Å². The second-order valence-electron chi connectivity index (χ2n) is 6.79. The SMILES string of the molecule is CC(C)CC1(CNC(=O)C(N)C(C)C)CCCC1.Cl. The number of carbonyl (C=O) groups excluding carboxylic acids is 1. The van der Waals surface area contributed by atoms with E-state index in [0.29, 0.717) is 11.3 Å². The molecule has 0 bridgehead atoms. The molecule has 1 unspecified atom stereocenters. The van der Waals surface area contributed by atoms with E-state index in [4.69, 9.17) is 5.73 Å². The van der Waals surface area contributed by atoms with E-state index in [-0.39, 0.29) is 30.3 Å². The molecule has 1 rings (SSSR count). The van der Waals surface area contributed by atoms with Gasteiger partial charge >= 0.3 is 0 Å². The summed E-state index contributed by atoms with van der Waals surface area (Å²) in [5.41, 5.74) is 6.21. The number of halogens is 1. The van der Waals surface area contributed by atoms with Crippen LogP contribution >= 0.6 is 12.4 Å². The lowest BCUT2D eigenvalue weighted by atomic mass is 9.78. The van der Waals surface area contributed by atoms with Crippen molar-refractivity contribution in [2.75, 3.05) is 6.54 Å². The van der Waals surface area contributed by atoms with Gasteiger partial charge in [0.1, 0.15) is 0 Å². The van der Waals surface area contributed by atoms with Crippen molar-refractivity contribution in [3.63, 3.8) is 0 Å². The van der Waals surface area contributed by atoms with Crippen molar-refractivity contribution in [1.29, 1.82) is 0 Å². The van der Waals surface area contributed by atoms with Gasteiger partial charge < -0.3 is 11.1 Å². The van der Waals surface area contributed by atoms with Crippen molar-refractivity contribution in [3.8, 4) is 0 Å². The zero-order valence-electron chi connectivity index (χ0n) is 12.9. The molecule has 1 amide bonds. The zero-order chi connectivity index (χ0) is 13.8. The van der Waals surface area contributed by atoms with Crippen molar-refractivity contribution in [2.24, 2.45) is 23.0 Å². The van der Waals surface area contributed by atoms with Gasteiger partial charge in [0.15, 0.2) is 0 Å². The minimum atomic E-state index is -0.373. The Balaban J connectivity index is 0.00000324. The Kier molecular flexibility index (Phi) is 7.99. The third-order valence-electron chi connectivity index (χ3n) is 4.16. The van der Waals surface area contributed by atoms with Crippen molar-refractivity contribution >= 4 is 18.3 Å². The fraction of sp³-hybridized carbons (Fsp3) is 0.933. The number of rotatable bonds is 6. The van der Waals surface area contributed by atoms with Gasteiger partial charge in [0, 0.05) is 6.54 Å². The Morgan fingerprint density at radius 1 is 1.21 bits per heavy atom. The molecule has 0 radical (unpaired) electrons. The molecule has 19 heavy (non-hydrogen) atoms. The van der Waals surface area contributed by atoms with E-state index >= 15 is 0 Å². The van der Waals surface area contributed by atoms with Gasteiger partial charge in [-0.2, -0.15) is 0 Å². The van der Waals surface area contributed by atoms with E-state index in [1.807, 2.05) is 13.8 Å². The van der Waals surface area contributed by atoms with Crippen molar-refractivity contribution in [2.45, 2.75) is 65.8 Å². The number of nitrogens with one attached hydrogen (secondary N) is 1. The van der Waals surface area contributed by atoms with Gasteiger partial charge in [-0.15, -0.1) is 12.4 Å². The van der Waals surface area contributed by atoms with Crippen LogP contribution in [-0.2, 0) is 4.79 Å². The number of amides is 1. The molecule has 3 N–H and O–H groups in total. The molecule has 3 nitrogen and oxygen atoms in total. The van der Waals surface area contributed by atoms with Crippen molar-refractivity contribution < 1.29 is 4.79 Å². The molecule has 1 aliphatic rings. The van der Waals surface area contributed by atoms with Gasteiger partial charge in [0.2, 0.25) is 5.91 Å². The first kappa shape index (κ1) is 18.7. The minimum absolute atomic E-state index is 0. The average molecular weight is 291 g/mol. The summed E-state index contributed by atoms with van der Waals surface area (Å²) < 4.78 is 0. The number of hydrogen-bond acceptors (Lipinski definition) is 2. The van der Waals surface area contributed by atoms with Gasteiger partial charge in [-0.3, -0.25) is 4.79 Å². The first-order valence-electron chi connectivity index (χ1n) is 7.39. The summed E-state index contributed by atoms with van der Waals surface area (Å²) in [6.07, 6.45) is 6.33. The average Bonchev–Trinajstić information content (AvgIpc) is 2.72. The summed E-state index contributed by atoms with van der Waals surface area (Å²) in [5.74, 6) is 0.911. The van der Waals surface area contributed by atoms with E-state index in [9.17, 15) is 4.79 Å². The maximum atomic E-state index is 11.9. The third-order valence-corrected chi connectivity index (χ3v) is 4.16. The van der Waals surface area contributed by atoms with Crippen LogP contribution < -0.4 is 11.1 Å². The first-order valence-corrected chi connectivity index (χ1v) is 7.39.